The zero-order valence-corrected chi connectivity index (χ0v) is 11.8. The third kappa shape index (κ3) is 2.67. The van der Waals surface area contributed by atoms with Crippen LogP contribution in [0.5, 0.6) is 0 Å². The molecule has 0 aliphatic heterocycles. The zero-order valence-electron chi connectivity index (χ0n) is 11.8. The van der Waals surface area contributed by atoms with E-state index >= 15 is 0 Å². The fourth-order valence-electron chi connectivity index (χ4n) is 3.57. The molecule has 3 N–H and O–H groups in total. The van der Waals surface area contributed by atoms with Gasteiger partial charge in [0.15, 0.2) is 0 Å². The maximum Gasteiger partial charge on any atom is 0.0970 e. The largest absolute Gasteiger partial charge is 0.387 e. The van der Waals surface area contributed by atoms with Crippen molar-refractivity contribution in [2.24, 2.45) is 23.0 Å². The molecule has 3 unspecified atom stereocenters. The number of methoxy groups -OCH3 is 1. The number of ether oxygens (including phenoxy) is 1. The van der Waals surface area contributed by atoms with Gasteiger partial charge in [0.2, 0.25) is 0 Å². The summed E-state index contributed by atoms with van der Waals surface area (Å²) in [6, 6.07) is 0. The van der Waals surface area contributed by atoms with Crippen molar-refractivity contribution in [1.29, 1.82) is 0 Å². The second-order valence-electron chi connectivity index (χ2n) is 6.20. The van der Waals surface area contributed by atoms with Crippen LogP contribution in [0.3, 0.4) is 0 Å². The molecule has 1 fully saturated rings. The maximum absolute atomic E-state index is 11.1. The van der Waals surface area contributed by atoms with Gasteiger partial charge in [0.25, 0.3) is 0 Å². The molecule has 0 amide bonds. The van der Waals surface area contributed by atoms with E-state index in [1.165, 1.54) is 6.42 Å². The summed E-state index contributed by atoms with van der Waals surface area (Å²) in [5, 5.41) is 11.1. The Hall–Kier alpha value is -0.120. The molecule has 0 bridgehead atoms. The van der Waals surface area contributed by atoms with Crippen molar-refractivity contribution in [3.05, 3.63) is 0 Å². The van der Waals surface area contributed by atoms with Gasteiger partial charge in [-0.05, 0) is 24.7 Å². The molecule has 17 heavy (non-hydrogen) atoms. The zero-order chi connectivity index (χ0) is 13.1. The average molecular weight is 243 g/mol. The van der Waals surface area contributed by atoms with Crippen LogP contribution in [-0.2, 0) is 4.74 Å². The van der Waals surface area contributed by atoms with Crippen LogP contribution >= 0.6 is 0 Å². The second-order valence-corrected chi connectivity index (χ2v) is 6.20. The van der Waals surface area contributed by atoms with E-state index in [1.54, 1.807) is 7.11 Å². The van der Waals surface area contributed by atoms with E-state index in [4.69, 9.17) is 10.5 Å². The van der Waals surface area contributed by atoms with Gasteiger partial charge in [-0.25, -0.2) is 0 Å². The Bertz CT molecular complexity index is 244. The van der Waals surface area contributed by atoms with Crippen LogP contribution in [0.15, 0.2) is 0 Å². The molecule has 1 saturated carbocycles. The topological polar surface area (TPSA) is 55.5 Å². The van der Waals surface area contributed by atoms with Crippen LogP contribution in [0, 0.1) is 17.3 Å². The van der Waals surface area contributed by atoms with Crippen molar-refractivity contribution in [1.82, 2.24) is 0 Å². The van der Waals surface area contributed by atoms with E-state index in [1.807, 2.05) is 0 Å². The number of aliphatic hydroxyl groups is 1. The van der Waals surface area contributed by atoms with E-state index in [0.717, 1.165) is 19.3 Å². The summed E-state index contributed by atoms with van der Waals surface area (Å²) in [6.45, 7) is 7.33. The van der Waals surface area contributed by atoms with Crippen molar-refractivity contribution in [3.8, 4) is 0 Å². The quantitative estimate of drug-likeness (QED) is 0.778. The van der Waals surface area contributed by atoms with Gasteiger partial charge in [-0.2, -0.15) is 0 Å². The molecule has 3 nitrogen and oxygen atoms in total. The predicted octanol–water partition coefficient (Wildman–Crippen LogP) is 2.18. The molecule has 1 aliphatic carbocycles. The van der Waals surface area contributed by atoms with Crippen molar-refractivity contribution in [3.63, 3.8) is 0 Å². The molecule has 0 heterocycles. The monoisotopic (exact) mass is 243 g/mol. The first kappa shape index (κ1) is 14.9. The van der Waals surface area contributed by atoms with Gasteiger partial charge in [-0.1, -0.05) is 33.6 Å². The molecule has 1 rings (SSSR count). The fourth-order valence-corrected chi connectivity index (χ4v) is 3.57. The minimum atomic E-state index is -0.800. The van der Waals surface area contributed by atoms with Gasteiger partial charge in [0, 0.05) is 19.1 Å². The summed E-state index contributed by atoms with van der Waals surface area (Å²) >= 11 is 0. The number of rotatable bonds is 5. The van der Waals surface area contributed by atoms with Crippen LogP contribution in [0.25, 0.3) is 0 Å². The Kier molecular flexibility index (Phi) is 4.99. The highest BCUT2D eigenvalue weighted by atomic mass is 16.5. The first-order valence-electron chi connectivity index (χ1n) is 6.83. The van der Waals surface area contributed by atoms with Gasteiger partial charge in [-0.15, -0.1) is 0 Å². The van der Waals surface area contributed by atoms with Gasteiger partial charge in [-0.3, -0.25) is 0 Å². The molecule has 0 aromatic carbocycles. The van der Waals surface area contributed by atoms with Gasteiger partial charge < -0.3 is 15.6 Å². The average Bonchev–Trinajstić information content (AvgIpc) is 2.28. The summed E-state index contributed by atoms with van der Waals surface area (Å²) in [6.07, 6.45) is 4.45. The number of hydrogen-bond donors (Lipinski definition) is 2. The van der Waals surface area contributed by atoms with Crippen LogP contribution in [0.1, 0.15) is 46.5 Å². The number of hydrogen-bond acceptors (Lipinski definition) is 3. The minimum absolute atomic E-state index is 0.163. The Labute approximate surface area is 106 Å². The molecular formula is C14H29NO2. The molecule has 0 spiro atoms. The Morgan fingerprint density at radius 2 is 2.18 bits per heavy atom. The first-order chi connectivity index (χ1) is 7.92. The standard InChI is InChI=1S/C14H29NO2/c1-11(2)14(16,10-17-4)13(9-15)7-5-6-12(3)8-13/h11-12,16H,5-10,15H2,1-4H3. The highest BCUT2D eigenvalue weighted by Crippen LogP contribution is 2.49. The summed E-state index contributed by atoms with van der Waals surface area (Å²) < 4.78 is 5.28. The van der Waals surface area contributed by atoms with E-state index in [9.17, 15) is 5.11 Å². The predicted molar refractivity (Wildman–Crippen MR) is 70.8 cm³/mol. The summed E-state index contributed by atoms with van der Waals surface area (Å²) in [4.78, 5) is 0. The smallest absolute Gasteiger partial charge is 0.0970 e. The van der Waals surface area contributed by atoms with E-state index < -0.39 is 5.60 Å². The fraction of sp³-hybridized carbons (Fsp3) is 1.00. The summed E-state index contributed by atoms with van der Waals surface area (Å²) in [5.74, 6) is 0.811. The second kappa shape index (κ2) is 5.68. The van der Waals surface area contributed by atoms with Crippen molar-refractivity contribution in [2.45, 2.75) is 52.1 Å². The van der Waals surface area contributed by atoms with Gasteiger partial charge in [0.05, 0.1) is 12.2 Å². The lowest BCUT2D eigenvalue weighted by Crippen LogP contribution is -2.60. The maximum atomic E-state index is 11.1. The molecule has 1 aliphatic rings. The number of nitrogens with two attached hydrogens (primary N) is 1. The third-order valence-corrected chi connectivity index (χ3v) is 4.72. The van der Waals surface area contributed by atoms with Crippen LogP contribution < -0.4 is 5.73 Å². The lowest BCUT2D eigenvalue weighted by molar-refractivity contribution is -0.168. The summed E-state index contributed by atoms with van der Waals surface area (Å²) in [5.41, 5.74) is 5.07. The Balaban J connectivity index is 3.02. The molecule has 0 aromatic rings. The van der Waals surface area contributed by atoms with Crippen LogP contribution in [0.4, 0.5) is 0 Å². The van der Waals surface area contributed by atoms with E-state index in [2.05, 4.69) is 20.8 Å². The summed E-state index contributed by atoms with van der Waals surface area (Å²) in [7, 11) is 1.66. The lowest BCUT2D eigenvalue weighted by atomic mass is 9.58. The Morgan fingerprint density at radius 3 is 2.59 bits per heavy atom. The van der Waals surface area contributed by atoms with E-state index in [0.29, 0.717) is 19.1 Å². The molecule has 102 valence electrons. The van der Waals surface area contributed by atoms with Crippen molar-refractivity contribution in [2.75, 3.05) is 20.3 Å². The highest BCUT2D eigenvalue weighted by molar-refractivity contribution is 5.03. The highest BCUT2D eigenvalue weighted by Gasteiger charge is 2.52. The van der Waals surface area contributed by atoms with Crippen LogP contribution in [-0.4, -0.2) is 31.0 Å². The van der Waals surface area contributed by atoms with E-state index in [-0.39, 0.29) is 11.3 Å². The SMILES string of the molecule is COCC(O)(C(C)C)C1(CN)CCCC(C)C1. The van der Waals surface area contributed by atoms with Crippen LogP contribution in [0.2, 0.25) is 0 Å². The Morgan fingerprint density at radius 1 is 1.53 bits per heavy atom. The molecule has 0 aromatic heterocycles. The first-order valence-corrected chi connectivity index (χ1v) is 6.83. The normalized spacial score (nSPS) is 33.7. The molecule has 3 heteroatoms. The van der Waals surface area contributed by atoms with Gasteiger partial charge >= 0.3 is 0 Å². The lowest BCUT2D eigenvalue weighted by Gasteiger charge is -2.52. The molecule has 3 atom stereocenters. The molecule has 0 saturated heterocycles. The van der Waals surface area contributed by atoms with Gasteiger partial charge in [0.1, 0.15) is 0 Å². The molecular weight excluding hydrogens is 214 g/mol. The van der Waals surface area contributed by atoms with Crippen molar-refractivity contribution >= 4 is 0 Å². The molecule has 0 radical (unpaired) electrons. The third-order valence-electron chi connectivity index (χ3n) is 4.72. The minimum Gasteiger partial charge on any atom is -0.387 e. The van der Waals surface area contributed by atoms with Crippen molar-refractivity contribution < 1.29 is 9.84 Å².